The van der Waals surface area contributed by atoms with Gasteiger partial charge in [0.25, 0.3) is 0 Å². The highest BCUT2D eigenvalue weighted by Crippen LogP contribution is 2.22. The summed E-state index contributed by atoms with van der Waals surface area (Å²) in [6.07, 6.45) is 0.635. The minimum atomic E-state index is -3.49. The lowest BCUT2D eigenvalue weighted by atomic mass is 10.2. The molecule has 0 aliphatic carbocycles. The number of nitrogens with two attached hydrogens (primary N) is 1. The molecule has 19 heavy (non-hydrogen) atoms. The minimum absolute atomic E-state index is 0.0812. The Morgan fingerprint density at radius 3 is 2.89 bits per heavy atom. The van der Waals surface area contributed by atoms with E-state index < -0.39 is 10.0 Å². The van der Waals surface area contributed by atoms with Crippen LogP contribution in [0.25, 0.3) is 0 Å². The molecule has 1 saturated heterocycles. The third kappa shape index (κ3) is 3.14. The predicted molar refractivity (Wildman–Crippen MR) is 73.1 cm³/mol. The minimum Gasteiger partial charge on any atom is -0.377 e. The maximum Gasteiger partial charge on any atom is 0.243 e. The molecule has 6 heteroatoms. The number of hydrogen-bond acceptors (Lipinski definition) is 4. The van der Waals surface area contributed by atoms with E-state index in [9.17, 15) is 8.42 Å². The lowest BCUT2D eigenvalue weighted by Crippen LogP contribution is -2.36. The second-order valence-electron chi connectivity index (χ2n) is 4.71. The molecule has 0 amide bonds. The summed E-state index contributed by atoms with van der Waals surface area (Å²) in [7, 11) is -3.49. The van der Waals surface area contributed by atoms with E-state index in [0.717, 1.165) is 0 Å². The molecule has 5 nitrogen and oxygen atoms in total. The molecule has 106 valence electrons. The third-order valence-electron chi connectivity index (χ3n) is 3.23. The van der Waals surface area contributed by atoms with Crippen molar-refractivity contribution in [3.63, 3.8) is 0 Å². The quantitative estimate of drug-likeness (QED) is 0.896. The molecule has 2 N–H and O–H groups in total. The van der Waals surface area contributed by atoms with E-state index in [1.54, 1.807) is 24.3 Å². The van der Waals surface area contributed by atoms with Gasteiger partial charge in [0, 0.05) is 26.2 Å². The molecule has 0 bridgehead atoms. The summed E-state index contributed by atoms with van der Waals surface area (Å²) in [6, 6.07) is 6.90. The van der Waals surface area contributed by atoms with Crippen LogP contribution in [0.15, 0.2) is 29.2 Å². The Balaban J connectivity index is 2.35. The summed E-state index contributed by atoms with van der Waals surface area (Å²) in [4.78, 5) is 0.312. The molecule has 0 radical (unpaired) electrons. The fourth-order valence-corrected chi connectivity index (χ4v) is 4.02. The monoisotopic (exact) mass is 284 g/mol. The van der Waals surface area contributed by atoms with Gasteiger partial charge in [0.05, 0.1) is 11.0 Å². The highest BCUT2D eigenvalue weighted by Gasteiger charge is 2.29. The fourth-order valence-electron chi connectivity index (χ4n) is 2.24. The average Bonchev–Trinajstić information content (AvgIpc) is 2.64. The number of ether oxygens (including phenoxy) is 1. The fraction of sp³-hybridized carbons (Fsp3) is 0.538. The highest BCUT2D eigenvalue weighted by molar-refractivity contribution is 7.89. The zero-order chi connectivity index (χ0) is 13.9. The maximum atomic E-state index is 12.7. The lowest BCUT2D eigenvalue weighted by Gasteiger charge is -2.22. The van der Waals surface area contributed by atoms with Gasteiger partial charge < -0.3 is 10.5 Å². The van der Waals surface area contributed by atoms with Gasteiger partial charge in [-0.3, -0.25) is 0 Å². The molecular weight excluding hydrogens is 264 g/mol. The summed E-state index contributed by atoms with van der Waals surface area (Å²) in [5.74, 6) is 0. The molecule has 1 unspecified atom stereocenters. The van der Waals surface area contributed by atoms with Crippen LogP contribution in [-0.4, -0.2) is 38.5 Å². The van der Waals surface area contributed by atoms with Crippen molar-refractivity contribution in [1.82, 2.24) is 4.31 Å². The summed E-state index contributed by atoms with van der Waals surface area (Å²) in [6.45, 7) is 3.59. The van der Waals surface area contributed by atoms with Crippen molar-refractivity contribution >= 4 is 10.0 Å². The normalized spacial score (nSPS) is 22.1. The first kappa shape index (κ1) is 14.5. The van der Waals surface area contributed by atoms with Gasteiger partial charge in [0.1, 0.15) is 0 Å². The summed E-state index contributed by atoms with van der Waals surface area (Å²) < 4.78 is 32.3. The molecule has 2 rings (SSSR count). The van der Waals surface area contributed by atoms with Gasteiger partial charge in [-0.15, -0.1) is 0 Å². The van der Waals surface area contributed by atoms with Gasteiger partial charge in [0.15, 0.2) is 0 Å². The van der Waals surface area contributed by atoms with Crippen molar-refractivity contribution in [2.45, 2.75) is 30.9 Å². The first-order valence-electron chi connectivity index (χ1n) is 6.45. The highest BCUT2D eigenvalue weighted by atomic mass is 32.2. The van der Waals surface area contributed by atoms with Crippen LogP contribution in [0, 0.1) is 0 Å². The van der Waals surface area contributed by atoms with E-state index in [1.165, 1.54) is 4.31 Å². The van der Waals surface area contributed by atoms with Crippen LogP contribution in [0.5, 0.6) is 0 Å². The molecule has 1 atom stereocenters. The zero-order valence-electron chi connectivity index (χ0n) is 11.1. The molecule has 1 aromatic rings. The Kier molecular flexibility index (Phi) is 4.57. The molecule has 0 saturated carbocycles. The van der Waals surface area contributed by atoms with Crippen molar-refractivity contribution in [2.75, 3.05) is 19.7 Å². The first-order chi connectivity index (χ1) is 9.05. The van der Waals surface area contributed by atoms with Gasteiger partial charge in [-0.25, -0.2) is 8.42 Å². The van der Waals surface area contributed by atoms with Gasteiger partial charge in [-0.2, -0.15) is 4.31 Å². The van der Waals surface area contributed by atoms with E-state index in [2.05, 4.69) is 0 Å². The number of nitrogens with zero attached hydrogens (tertiary/aromatic N) is 1. The van der Waals surface area contributed by atoms with E-state index in [0.29, 0.717) is 36.6 Å². The van der Waals surface area contributed by atoms with Crippen molar-refractivity contribution in [3.05, 3.63) is 29.8 Å². The van der Waals surface area contributed by atoms with Crippen molar-refractivity contribution in [1.29, 1.82) is 0 Å². The van der Waals surface area contributed by atoms with Crippen molar-refractivity contribution in [3.8, 4) is 0 Å². The molecule has 1 fully saturated rings. The Morgan fingerprint density at radius 1 is 1.42 bits per heavy atom. The zero-order valence-corrected chi connectivity index (χ0v) is 11.9. The van der Waals surface area contributed by atoms with Crippen LogP contribution in [0.4, 0.5) is 0 Å². The van der Waals surface area contributed by atoms with E-state index in [1.807, 2.05) is 6.92 Å². The number of sulfonamides is 1. The van der Waals surface area contributed by atoms with Gasteiger partial charge in [0.2, 0.25) is 10.0 Å². The summed E-state index contributed by atoms with van der Waals surface area (Å²) in [5.41, 5.74) is 6.28. The van der Waals surface area contributed by atoms with Crippen LogP contribution in [-0.2, 0) is 21.3 Å². The molecule has 0 spiro atoms. The number of benzene rings is 1. The standard InChI is InChI=1S/C13H20N2O3S/c1-11-10-15(7-4-8-18-11)19(16,17)13-6-3-2-5-12(13)9-14/h2-3,5-6,11H,4,7-10,14H2,1H3. The molecule has 0 aromatic heterocycles. The number of rotatable bonds is 3. The van der Waals surface area contributed by atoms with Crippen molar-refractivity contribution < 1.29 is 13.2 Å². The molecule has 1 aliphatic rings. The third-order valence-corrected chi connectivity index (χ3v) is 5.19. The second-order valence-corrected chi connectivity index (χ2v) is 6.62. The Bertz CT molecular complexity index is 530. The second kappa shape index (κ2) is 6.00. The Morgan fingerprint density at radius 2 is 2.16 bits per heavy atom. The van der Waals surface area contributed by atoms with Crippen LogP contribution in [0.2, 0.25) is 0 Å². The van der Waals surface area contributed by atoms with Crippen LogP contribution in [0.3, 0.4) is 0 Å². The molecular formula is C13H20N2O3S. The topological polar surface area (TPSA) is 72.6 Å². The van der Waals surface area contributed by atoms with Crippen LogP contribution < -0.4 is 5.73 Å². The van der Waals surface area contributed by atoms with E-state index in [-0.39, 0.29) is 12.6 Å². The lowest BCUT2D eigenvalue weighted by molar-refractivity contribution is 0.0752. The SMILES string of the molecule is CC1CN(S(=O)(=O)c2ccccc2CN)CCCO1. The van der Waals surface area contributed by atoms with Gasteiger partial charge in [-0.1, -0.05) is 18.2 Å². The van der Waals surface area contributed by atoms with Crippen molar-refractivity contribution in [2.24, 2.45) is 5.73 Å². The molecule has 1 aromatic carbocycles. The number of hydrogen-bond donors (Lipinski definition) is 1. The summed E-state index contributed by atoms with van der Waals surface area (Å²) in [5, 5.41) is 0. The van der Waals surface area contributed by atoms with Gasteiger partial charge in [-0.05, 0) is 25.0 Å². The summed E-state index contributed by atoms with van der Waals surface area (Å²) >= 11 is 0. The Hall–Kier alpha value is -0.950. The van der Waals surface area contributed by atoms with Gasteiger partial charge >= 0.3 is 0 Å². The van der Waals surface area contributed by atoms with Crippen LogP contribution >= 0.6 is 0 Å². The van der Waals surface area contributed by atoms with Crippen LogP contribution in [0.1, 0.15) is 18.9 Å². The largest absolute Gasteiger partial charge is 0.377 e. The first-order valence-corrected chi connectivity index (χ1v) is 7.89. The molecule has 1 heterocycles. The molecule has 1 aliphatic heterocycles. The smallest absolute Gasteiger partial charge is 0.243 e. The Labute approximate surface area is 114 Å². The van der Waals surface area contributed by atoms with E-state index >= 15 is 0 Å². The van der Waals surface area contributed by atoms with E-state index in [4.69, 9.17) is 10.5 Å². The predicted octanol–water partition coefficient (Wildman–Crippen LogP) is 0.945. The maximum absolute atomic E-state index is 12.7. The average molecular weight is 284 g/mol.